The lowest BCUT2D eigenvalue weighted by molar-refractivity contribution is -0.133. The van der Waals surface area contributed by atoms with Crippen LogP contribution in [0.3, 0.4) is 0 Å². The van der Waals surface area contributed by atoms with Gasteiger partial charge >= 0.3 is 0 Å². The summed E-state index contributed by atoms with van der Waals surface area (Å²) in [5.41, 5.74) is 2.71. The number of amides is 2. The van der Waals surface area contributed by atoms with E-state index in [-0.39, 0.29) is 30.0 Å². The highest BCUT2D eigenvalue weighted by Gasteiger charge is 2.42. The molecule has 0 saturated carbocycles. The van der Waals surface area contributed by atoms with Crippen molar-refractivity contribution < 1.29 is 14.3 Å². The molecule has 8 heteroatoms. The highest BCUT2D eigenvalue weighted by atomic mass is 35.5. The maximum Gasteiger partial charge on any atom is 0.268 e. The number of aromatic amines is 1. The van der Waals surface area contributed by atoms with E-state index in [0.717, 1.165) is 21.3 Å². The average molecular weight is 416 g/mol. The van der Waals surface area contributed by atoms with E-state index in [1.165, 1.54) is 11.3 Å². The van der Waals surface area contributed by atoms with Crippen LogP contribution in [0, 0.1) is 0 Å². The molecule has 0 unspecified atom stereocenters. The molecule has 1 fully saturated rings. The Bertz CT molecular complexity index is 1060. The summed E-state index contributed by atoms with van der Waals surface area (Å²) in [6.07, 6.45) is 0.324. The number of H-pyrrole nitrogens is 1. The molecule has 1 aliphatic heterocycles. The van der Waals surface area contributed by atoms with Crippen LogP contribution in [-0.2, 0) is 16.0 Å². The zero-order valence-corrected chi connectivity index (χ0v) is 16.6. The van der Waals surface area contributed by atoms with Gasteiger partial charge in [0.05, 0.1) is 23.0 Å². The first-order valence-electron chi connectivity index (χ1n) is 9.06. The lowest BCUT2D eigenvalue weighted by Gasteiger charge is -2.30. The number of carbonyl (C=O) groups is 2. The maximum absolute atomic E-state index is 12.9. The SMILES string of the molecule is CN(C(=O)[C@@H]1CO1)[C@H]1c2ccccc2C[C@H]1NC(=O)c1cc2cc(Cl)sc2[nH]1. The summed E-state index contributed by atoms with van der Waals surface area (Å²) in [4.78, 5) is 31.2. The van der Waals surface area contributed by atoms with E-state index in [2.05, 4.69) is 10.3 Å². The number of nitrogens with one attached hydrogen (secondary N) is 2. The summed E-state index contributed by atoms with van der Waals surface area (Å²) in [6.45, 7) is 0.469. The Morgan fingerprint density at radius 2 is 2.11 bits per heavy atom. The number of hydrogen-bond acceptors (Lipinski definition) is 4. The third-order valence-corrected chi connectivity index (χ3v) is 6.60. The second-order valence-electron chi connectivity index (χ2n) is 7.22. The third kappa shape index (κ3) is 2.99. The fourth-order valence-corrected chi connectivity index (χ4v) is 5.12. The molecule has 3 atom stereocenters. The number of benzene rings is 1. The molecule has 2 amide bonds. The molecule has 2 N–H and O–H groups in total. The molecule has 2 aliphatic rings. The topological polar surface area (TPSA) is 77.7 Å². The number of nitrogens with zero attached hydrogens (tertiary/aromatic N) is 1. The van der Waals surface area contributed by atoms with Gasteiger partial charge in [0.2, 0.25) is 0 Å². The van der Waals surface area contributed by atoms with Crippen molar-refractivity contribution >= 4 is 45.0 Å². The number of fused-ring (bicyclic) bond motifs is 2. The molecule has 3 heterocycles. The Kier molecular flexibility index (Phi) is 4.19. The van der Waals surface area contributed by atoms with E-state index in [0.29, 0.717) is 23.1 Å². The molecule has 0 bridgehead atoms. The number of halogens is 1. The fraction of sp³-hybridized carbons (Fsp3) is 0.300. The molecule has 0 radical (unpaired) electrons. The van der Waals surface area contributed by atoms with Gasteiger partial charge in [0, 0.05) is 12.4 Å². The number of rotatable bonds is 4. The molecule has 5 rings (SSSR count). The van der Waals surface area contributed by atoms with Crippen molar-refractivity contribution in [2.75, 3.05) is 13.7 Å². The highest BCUT2D eigenvalue weighted by Crippen LogP contribution is 2.37. The maximum atomic E-state index is 12.9. The predicted octanol–water partition coefficient (Wildman–Crippen LogP) is 3.14. The molecule has 1 aliphatic carbocycles. The minimum Gasteiger partial charge on any atom is -0.363 e. The van der Waals surface area contributed by atoms with Crippen molar-refractivity contribution in [1.82, 2.24) is 15.2 Å². The van der Waals surface area contributed by atoms with Crippen LogP contribution in [-0.4, -0.2) is 47.5 Å². The van der Waals surface area contributed by atoms with Gasteiger partial charge in [-0.05, 0) is 29.7 Å². The third-order valence-electron chi connectivity index (χ3n) is 5.41. The standard InChI is InChI=1S/C20H18ClN3O3S/c1-24(20(26)15-9-27-15)17-12-5-3-2-4-10(12)6-13(17)22-18(25)14-7-11-8-16(21)28-19(11)23-14/h2-5,7-8,13,15,17,23H,6,9H2,1H3,(H,22,25)/t13-,15+,17+/m1/s1. The summed E-state index contributed by atoms with van der Waals surface area (Å²) in [7, 11) is 1.78. The van der Waals surface area contributed by atoms with E-state index < -0.39 is 0 Å². The smallest absolute Gasteiger partial charge is 0.268 e. The quantitative estimate of drug-likeness (QED) is 0.642. The number of carbonyl (C=O) groups excluding carboxylic acids is 2. The predicted molar refractivity (Wildman–Crippen MR) is 108 cm³/mol. The molecule has 2 aromatic heterocycles. The molecule has 6 nitrogen and oxygen atoms in total. The van der Waals surface area contributed by atoms with Crippen molar-refractivity contribution in [3.8, 4) is 0 Å². The first kappa shape index (κ1) is 17.7. The van der Waals surface area contributed by atoms with Crippen molar-refractivity contribution in [2.24, 2.45) is 0 Å². The van der Waals surface area contributed by atoms with Crippen LogP contribution in [0.1, 0.15) is 27.7 Å². The van der Waals surface area contributed by atoms with Crippen molar-refractivity contribution in [3.63, 3.8) is 0 Å². The van der Waals surface area contributed by atoms with Gasteiger partial charge < -0.3 is 19.9 Å². The average Bonchev–Trinajstić information content (AvgIpc) is 3.22. The summed E-state index contributed by atoms with van der Waals surface area (Å²) < 4.78 is 5.85. The molecular weight excluding hydrogens is 398 g/mol. The van der Waals surface area contributed by atoms with Crippen molar-refractivity contribution in [3.05, 3.63) is 57.6 Å². The molecule has 0 spiro atoms. The van der Waals surface area contributed by atoms with Crippen LogP contribution < -0.4 is 5.32 Å². The van der Waals surface area contributed by atoms with E-state index >= 15 is 0 Å². The summed E-state index contributed by atoms with van der Waals surface area (Å²) >= 11 is 7.42. The summed E-state index contributed by atoms with van der Waals surface area (Å²) in [5, 5.41) is 4.04. The van der Waals surface area contributed by atoms with Gasteiger partial charge in [0.1, 0.15) is 10.5 Å². The molecule has 1 aromatic carbocycles. The molecule has 144 valence electrons. The van der Waals surface area contributed by atoms with E-state index in [1.54, 1.807) is 18.0 Å². The lowest BCUT2D eigenvalue weighted by atomic mass is 10.0. The Balaban J connectivity index is 1.41. The van der Waals surface area contributed by atoms with Gasteiger partial charge in [-0.2, -0.15) is 0 Å². The van der Waals surface area contributed by atoms with Gasteiger partial charge in [0.15, 0.2) is 6.10 Å². The number of ether oxygens (including phenoxy) is 1. The fourth-order valence-electron chi connectivity index (χ4n) is 4.00. The minimum absolute atomic E-state index is 0.0454. The highest BCUT2D eigenvalue weighted by molar-refractivity contribution is 7.22. The first-order valence-corrected chi connectivity index (χ1v) is 10.3. The van der Waals surface area contributed by atoms with Crippen LogP contribution in [0.5, 0.6) is 0 Å². The number of likely N-dealkylation sites (N-methyl/N-ethyl adjacent to an activating group) is 1. The largest absolute Gasteiger partial charge is 0.363 e. The van der Waals surface area contributed by atoms with E-state index in [1.807, 2.05) is 30.3 Å². The molecule has 1 saturated heterocycles. The van der Waals surface area contributed by atoms with E-state index in [9.17, 15) is 9.59 Å². The van der Waals surface area contributed by atoms with Gasteiger partial charge in [0.25, 0.3) is 11.8 Å². The molecule has 28 heavy (non-hydrogen) atoms. The van der Waals surface area contributed by atoms with Crippen LogP contribution in [0.4, 0.5) is 0 Å². The van der Waals surface area contributed by atoms with Gasteiger partial charge in [-0.3, -0.25) is 9.59 Å². The zero-order valence-electron chi connectivity index (χ0n) is 15.1. The number of hydrogen-bond donors (Lipinski definition) is 2. The Labute approximate surface area is 170 Å². The molecular formula is C20H18ClN3O3S. The zero-order chi connectivity index (χ0) is 19.4. The van der Waals surface area contributed by atoms with Crippen molar-refractivity contribution in [2.45, 2.75) is 24.6 Å². The lowest BCUT2D eigenvalue weighted by Crippen LogP contribution is -2.46. The van der Waals surface area contributed by atoms with Gasteiger partial charge in [-0.15, -0.1) is 11.3 Å². The van der Waals surface area contributed by atoms with Crippen molar-refractivity contribution in [1.29, 1.82) is 0 Å². The normalized spacial score (nSPS) is 22.9. The molecule has 3 aromatic rings. The van der Waals surface area contributed by atoms with Gasteiger partial charge in [-0.1, -0.05) is 35.9 Å². The van der Waals surface area contributed by atoms with Gasteiger partial charge in [-0.25, -0.2) is 0 Å². The van der Waals surface area contributed by atoms with Crippen LogP contribution in [0.25, 0.3) is 10.2 Å². The number of thiophene rings is 1. The second-order valence-corrected chi connectivity index (χ2v) is 8.90. The Morgan fingerprint density at radius 1 is 1.32 bits per heavy atom. The minimum atomic E-state index is -0.353. The van der Waals surface area contributed by atoms with E-state index in [4.69, 9.17) is 16.3 Å². The van der Waals surface area contributed by atoms with Crippen LogP contribution in [0.15, 0.2) is 36.4 Å². The second kappa shape index (κ2) is 6.62. The Hall–Kier alpha value is -2.35. The van der Waals surface area contributed by atoms with Crippen LogP contribution in [0.2, 0.25) is 4.34 Å². The monoisotopic (exact) mass is 415 g/mol. The Morgan fingerprint density at radius 3 is 2.86 bits per heavy atom. The summed E-state index contributed by atoms with van der Waals surface area (Å²) in [5.74, 6) is -0.234. The number of epoxide rings is 1. The summed E-state index contributed by atoms with van der Waals surface area (Å²) in [6, 6.07) is 11.2. The number of aromatic nitrogens is 1. The van der Waals surface area contributed by atoms with Crippen LogP contribution >= 0.6 is 22.9 Å². The first-order chi connectivity index (χ1) is 13.5.